The summed E-state index contributed by atoms with van der Waals surface area (Å²) < 4.78 is 0. The Balaban J connectivity index is 0.000000376. The molecule has 0 aliphatic heterocycles. The van der Waals surface area contributed by atoms with Crippen LogP contribution in [0.15, 0.2) is 36.4 Å². The lowest BCUT2D eigenvalue weighted by molar-refractivity contribution is 0.258. The van der Waals surface area contributed by atoms with Crippen molar-refractivity contribution in [1.82, 2.24) is 29.9 Å². The number of unbranched alkanes of at least 4 members (excludes halogenated alkanes) is 11. The molecule has 0 saturated heterocycles. The summed E-state index contributed by atoms with van der Waals surface area (Å²) in [6.07, 6.45) is 26.9. The van der Waals surface area contributed by atoms with Crippen molar-refractivity contribution in [2.45, 2.75) is 136 Å². The third kappa shape index (κ3) is 18.6. The van der Waals surface area contributed by atoms with E-state index in [2.05, 4.69) is 68.7 Å². The molecule has 2 aromatic heterocycles. The van der Waals surface area contributed by atoms with Crippen molar-refractivity contribution in [3.63, 3.8) is 0 Å². The van der Waals surface area contributed by atoms with E-state index < -0.39 is 24.1 Å². The van der Waals surface area contributed by atoms with Crippen LogP contribution in [0.4, 0.5) is 66.2 Å². The van der Waals surface area contributed by atoms with Gasteiger partial charge in [-0.1, -0.05) is 135 Å². The number of primary amides is 2. The van der Waals surface area contributed by atoms with E-state index in [1.807, 2.05) is 12.1 Å². The van der Waals surface area contributed by atoms with Crippen molar-refractivity contribution in [3.05, 3.63) is 47.5 Å². The molecule has 5 rings (SSSR count). The smallest absolute Gasteiger partial charge is 0.326 e. The molecule has 0 bridgehead atoms. The van der Waals surface area contributed by atoms with Gasteiger partial charge >= 0.3 is 24.1 Å². The minimum absolute atomic E-state index is 0.201. The second-order valence-electron chi connectivity index (χ2n) is 16.1. The number of aromatic nitrogens is 6. The summed E-state index contributed by atoms with van der Waals surface area (Å²) in [5.41, 5.74) is 25.4. The van der Waals surface area contributed by atoms with Crippen LogP contribution < -0.4 is 54.8 Å². The number of hydrogen-bond donors (Lipinski definition) is 10. The fourth-order valence-corrected chi connectivity index (χ4v) is 7.46. The fourth-order valence-electron chi connectivity index (χ4n) is 7.46. The van der Waals surface area contributed by atoms with Gasteiger partial charge in [0.25, 0.3) is 0 Å². The summed E-state index contributed by atoms with van der Waals surface area (Å²) in [6.45, 7) is 5.91. The first kappa shape index (κ1) is 49.8. The number of nitrogen functional groups attached to an aromatic ring is 2. The highest BCUT2D eigenvalue weighted by Crippen LogP contribution is 2.30. The van der Waals surface area contributed by atoms with E-state index >= 15 is 0 Å². The van der Waals surface area contributed by atoms with Crippen LogP contribution >= 0.6 is 0 Å². The SMILES string of the molecule is CCCCCCCCCCCCCCC1CCCCC1.Cc1cc(-c2ccc(NC(=O)Nc3nc(N)nc(NC(N)=O)n3)c(C)c2)ccc1NC(=O)Nc1nc(N)nc(NC(N)=O)n1. The zero-order valence-corrected chi connectivity index (χ0v) is 37.4. The third-order valence-corrected chi connectivity index (χ3v) is 10.7. The number of nitrogens with zero attached hydrogens (tertiary/aromatic N) is 6. The first-order valence-electron chi connectivity index (χ1n) is 22.3. The largest absolute Gasteiger partial charge is 0.368 e. The lowest BCUT2D eigenvalue weighted by Crippen LogP contribution is -2.24. The fraction of sp³-hybridized carbons (Fsp3) is 0.500. The van der Waals surface area contributed by atoms with E-state index in [4.69, 9.17) is 22.9 Å². The Morgan fingerprint density at radius 1 is 0.516 bits per heavy atom. The van der Waals surface area contributed by atoms with E-state index in [0.29, 0.717) is 11.4 Å². The predicted molar refractivity (Wildman–Crippen MR) is 254 cm³/mol. The molecule has 1 fully saturated rings. The minimum atomic E-state index is -0.911. The van der Waals surface area contributed by atoms with Crippen molar-refractivity contribution in [2.75, 3.05) is 43.4 Å². The van der Waals surface area contributed by atoms with E-state index in [9.17, 15) is 19.2 Å². The molecule has 2 heterocycles. The van der Waals surface area contributed by atoms with Crippen LogP contribution in [0.1, 0.15) is 134 Å². The summed E-state index contributed by atoms with van der Waals surface area (Å²) in [4.78, 5) is 69.8. The van der Waals surface area contributed by atoms with E-state index in [1.165, 1.54) is 116 Å². The van der Waals surface area contributed by atoms with Gasteiger partial charge in [-0.25, -0.2) is 19.2 Å². The Morgan fingerprint density at radius 3 is 1.27 bits per heavy atom. The van der Waals surface area contributed by atoms with E-state index in [1.54, 1.807) is 38.1 Å². The zero-order valence-electron chi connectivity index (χ0n) is 37.4. The number of anilines is 8. The van der Waals surface area contributed by atoms with Crippen molar-refractivity contribution >= 4 is 71.2 Å². The number of hydrogen-bond acceptors (Lipinski definition) is 12. The highest BCUT2D eigenvalue weighted by atomic mass is 16.2. The molecule has 2 aromatic carbocycles. The standard InChI is InChI=1S/C24H26N16O4.C20H40/c1-9-7-11(3-5-13(9)29-23(43)39-21-33-15(25)31-19(37-21)35-17(27)41)12-4-6-14(10(2)8-12)30-24(44)40-22-34-16(26)32-20(38-22)36-18(28)42;1-2-3-4-5-6-7-8-9-10-11-12-14-17-20-18-15-13-16-19-20/h3-8H,1-2H3,(H7,25,27,29,31,33,35,37,39,41,43)(H7,26,28,30,32,34,36,38,40,42,44);20H,2-19H2,1H3. The number of carbonyl (C=O) groups is 4. The molecule has 4 aromatic rings. The van der Waals surface area contributed by atoms with Gasteiger partial charge in [-0.2, -0.15) is 29.9 Å². The van der Waals surface area contributed by atoms with Gasteiger partial charge in [0.15, 0.2) is 0 Å². The topological polar surface area (TPSA) is 322 Å². The van der Waals surface area contributed by atoms with Crippen LogP contribution in [-0.4, -0.2) is 54.0 Å². The summed E-state index contributed by atoms with van der Waals surface area (Å²) in [7, 11) is 0. The van der Waals surface area contributed by atoms with Crippen molar-refractivity contribution in [3.8, 4) is 11.1 Å². The number of rotatable bonds is 20. The number of nitrogens with two attached hydrogens (primary N) is 4. The Labute approximate surface area is 375 Å². The summed E-state index contributed by atoms with van der Waals surface area (Å²) >= 11 is 0. The van der Waals surface area contributed by atoms with Gasteiger partial charge in [0.2, 0.25) is 35.7 Å². The molecule has 14 N–H and O–H groups in total. The minimum Gasteiger partial charge on any atom is -0.368 e. The molecule has 0 radical (unpaired) electrons. The van der Waals surface area contributed by atoms with Crippen LogP contribution in [0.25, 0.3) is 11.1 Å². The molecule has 20 heteroatoms. The summed E-state index contributed by atoms with van der Waals surface area (Å²) in [6, 6.07) is 7.60. The van der Waals surface area contributed by atoms with Crippen LogP contribution in [0.5, 0.6) is 0 Å². The average molecular weight is 883 g/mol. The van der Waals surface area contributed by atoms with Gasteiger partial charge in [0.1, 0.15) is 0 Å². The molecule has 0 atom stereocenters. The van der Waals surface area contributed by atoms with Crippen molar-refractivity contribution < 1.29 is 19.2 Å². The van der Waals surface area contributed by atoms with Gasteiger partial charge < -0.3 is 33.6 Å². The lowest BCUT2D eigenvalue weighted by atomic mass is 9.85. The van der Waals surface area contributed by atoms with Gasteiger partial charge in [-0.15, -0.1) is 0 Å². The second kappa shape index (κ2) is 26.6. The number of amides is 8. The second-order valence-corrected chi connectivity index (χ2v) is 16.1. The van der Waals surface area contributed by atoms with E-state index in [-0.39, 0.29) is 35.7 Å². The van der Waals surface area contributed by atoms with Gasteiger partial charge in [-0.3, -0.25) is 21.3 Å². The maximum absolute atomic E-state index is 12.5. The summed E-state index contributed by atoms with van der Waals surface area (Å²) in [5, 5.41) is 14.5. The molecule has 64 heavy (non-hydrogen) atoms. The van der Waals surface area contributed by atoms with Crippen LogP contribution in [0.2, 0.25) is 0 Å². The Kier molecular flexibility index (Phi) is 20.7. The quantitative estimate of drug-likeness (QED) is 0.0371. The molecule has 1 saturated carbocycles. The van der Waals surface area contributed by atoms with Crippen molar-refractivity contribution in [1.29, 1.82) is 0 Å². The maximum atomic E-state index is 12.5. The molecule has 8 amide bonds. The first-order valence-corrected chi connectivity index (χ1v) is 22.3. The molecule has 20 nitrogen and oxygen atoms in total. The van der Waals surface area contributed by atoms with Gasteiger partial charge in [0.05, 0.1) is 0 Å². The first-order chi connectivity index (χ1) is 30.8. The third-order valence-electron chi connectivity index (χ3n) is 10.7. The van der Waals surface area contributed by atoms with Crippen LogP contribution in [0, 0.1) is 19.8 Å². The van der Waals surface area contributed by atoms with Crippen LogP contribution in [-0.2, 0) is 0 Å². The van der Waals surface area contributed by atoms with Crippen LogP contribution in [0.3, 0.4) is 0 Å². The lowest BCUT2D eigenvalue weighted by Gasteiger charge is -2.21. The molecule has 0 unspecified atom stereocenters. The molecule has 1 aliphatic carbocycles. The molecule has 1 aliphatic rings. The van der Waals surface area contributed by atoms with E-state index in [0.717, 1.165) is 28.2 Å². The number of urea groups is 4. The Hall–Kier alpha value is -6.86. The summed E-state index contributed by atoms with van der Waals surface area (Å²) in [5.74, 6) is -0.220. The van der Waals surface area contributed by atoms with Crippen molar-refractivity contribution in [2.24, 2.45) is 17.4 Å². The predicted octanol–water partition coefficient (Wildman–Crippen LogP) is 9.43. The Bertz CT molecular complexity index is 2020. The average Bonchev–Trinajstić information content (AvgIpc) is 3.22. The highest BCUT2D eigenvalue weighted by molar-refractivity contribution is 6.00. The molecule has 0 spiro atoms. The molecule has 346 valence electrons. The molecular formula is C44H66N16O4. The highest BCUT2D eigenvalue weighted by Gasteiger charge is 2.15. The number of carbonyl (C=O) groups excluding carboxylic acids is 4. The molecular weight excluding hydrogens is 817 g/mol. The van der Waals surface area contributed by atoms with Gasteiger partial charge in [0, 0.05) is 11.4 Å². The number of benzene rings is 2. The number of aryl methyl sites for hydroxylation is 2. The number of nitrogens with one attached hydrogen (secondary N) is 6. The monoisotopic (exact) mass is 883 g/mol. The van der Waals surface area contributed by atoms with Gasteiger partial charge in [-0.05, 0) is 66.3 Å². The Morgan fingerprint density at radius 2 is 0.891 bits per heavy atom. The maximum Gasteiger partial charge on any atom is 0.326 e. The normalized spacial score (nSPS) is 12.3. The zero-order chi connectivity index (χ0) is 46.3.